The molecule has 1 aromatic heterocycles. The molecule has 1 N–H and O–H groups in total. The molecule has 1 saturated carbocycles. The highest BCUT2D eigenvalue weighted by Crippen LogP contribution is 2.47. The van der Waals surface area contributed by atoms with E-state index in [-0.39, 0.29) is 0 Å². The molecule has 0 aromatic carbocycles. The zero-order valence-electron chi connectivity index (χ0n) is 7.29. The predicted molar refractivity (Wildman–Crippen MR) is 45.6 cm³/mol. The first kappa shape index (κ1) is 7.87. The van der Waals surface area contributed by atoms with E-state index < -0.39 is 5.60 Å². The van der Waals surface area contributed by atoms with Crippen molar-refractivity contribution >= 4 is 0 Å². The van der Waals surface area contributed by atoms with Gasteiger partial charge in [-0.15, -0.1) is 0 Å². The summed E-state index contributed by atoms with van der Waals surface area (Å²) in [6.45, 7) is 2.00. The van der Waals surface area contributed by atoms with Crippen LogP contribution in [0.4, 0.5) is 0 Å². The second kappa shape index (κ2) is 2.63. The highest BCUT2D eigenvalue weighted by Gasteiger charge is 2.45. The van der Waals surface area contributed by atoms with Crippen LogP contribution in [0.2, 0.25) is 0 Å². The lowest BCUT2D eigenvalue weighted by molar-refractivity contribution is -0.0116. The maximum absolute atomic E-state index is 10.2. The van der Waals surface area contributed by atoms with Crippen LogP contribution >= 0.6 is 0 Å². The molecule has 1 heterocycles. The van der Waals surface area contributed by atoms with Crippen LogP contribution in [0.15, 0.2) is 22.8 Å². The van der Waals surface area contributed by atoms with Gasteiger partial charge < -0.3 is 9.52 Å². The molecule has 0 aliphatic heterocycles. The van der Waals surface area contributed by atoms with Gasteiger partial charge in [0.25, 0.3) is 0 Å². The smallest absolute Gasteiger partial charge is 0.135 e. The van der Waals surface area contributed by atoms with Crippen molar-refractivity contribution in [2.45, 2.75) is 31.8 Å². The molecule has 1 unspecified atom stereocenters. The molecule has 1 aliphatic carbocycles. The van der Waals surface area contributed by atoms with E-state index in [1.165, 1.54) is 0 Å². The largest absolute Gasteiger partial charge is 0.466 e. The van der Waals surface area contributed by atoms with Gasteiger partial charge in [0.05, 0.1) is 6.26 Å². The van der Waals surface area contributed by atoms with Crippen LogP contribution in [0.1, 0.15) is 31.9 Å². The Labute approximate surface area is 72.2 Å². The average Bonchev–Trinajstić information content (AvgIpc) is 2.80. The van der Waals surface area contributed by atoms with E-state index in [1.807, 2.05) is 19.1 Å². The maximum atomic E-state index is 10.2. The van der Waals surface area contributed by atoms with E-state index in [2.05, 4.69) is 0 Å². The molecule has 0 spiro atoms. The van der Waals surface area contributed by atoms with Gasteiger partial charge in [0.2, 0.25) is 0 Å². The molecule has 0 bridgehead atoms. The number of hydrogen-bond acceptors (Lipinski definition) is 2. The second-order valence-corrected chi connectivity index (χ2v) is 3.53. The van der Waals surface area contributed by atoms with Gasteiger partial charge in [-0.1, -0.05) is 6.92 Å². The fraction of sp³-hybridized carbons (Fsp3) is 0.600. The summed E-state index contributed by atoms with van der Waals surface area (Å²) in [5, 5.41) is 10.2. The molecule has 1 fully saturated rings. The van der Waals surface area contributed by atoms with Gasteiger partial charge in [0.15, 0.2) is 0 Å². The summed E-state index contributed by atoms with van der Waals surface area (Å²) >= 11 is 0. The summed E-state index contributed by atoms with van der Waals surface area (Å²) in [7, 11) is 0. The fourth-order valence-electron chi connectivity index (χ4n) is 1.75. The SMILES string of the molecule is CCC(O)(c1ccco1)C1CC1. The first-order valence-corrected chi connectivity index (χ1v) is 4.53. The Morgan fingerprint density at radius 1 is 1.67 bits per heavy atom. The van der Waals surface area contributed by atoms with Crippen molar-refractivity contribution in [3.05, 3.63) is 24.2 Å². The quantitative estimate of drug-likeness (QED) is 0.747. The van der Waals surface area contributed by atoms with Crippen LogP contribution in [-0.4, -0.2) is 5.11 Å². The number of hydrogen-bond donors (Lipinski definition) is 1. The zero-order valence-corrected chi connectivity index (χ0v) is 7.29. The third-order valence-electron chi connectivity index (χ3n) is 2.74. The highest BCUT2D eigenvalue weighted by atomic mass is 16.4. The van der Waals surface area contributed by atoms with Gasteiger partial charge in [-0.3, -0.25) is 0 Å². The van der Waals surface area contributed by atoms with Gasteiger partial charge in [0, 0.05) is 0 Å². The van der Waals surface area contributed by atoms with Crippen molar-refractivity contribution in [3.63, 3.8) is 0 Å². The van der Waals surface area contributed by atoms with Crippen LogP contribution in [0.25, 0.3) is 0 Å². The standard InChI is InChI=1S/C10H14O2/c1-2-10(11,8-5-6-8)9-4-3-7-12-9/h3-4,7-8,11H,2,5-6H2,1H3. The topological polar surface area (TPSA) is 33.4 Å². The first-order valence-electron chi connectivity index (χ1n) is 4.53. The minimum Gasteiger partial charge on any atom is -0.466 e. The lowest BCUT2D eigenvalue weighted by Gasteiger charge is -2.23. The monoisotopic (exact) mass is 166 g/mol. The molecule has 1 atom stereocenters. The fourth-order valence-corrected chi connectivity index (χ4v) is 1.75. The van der Waals surface area contributed by atoms with Crippen LogP contribution in [0.5, 0.6) is 0 Å². The highest BCUT2D eigenvalue weighted by molar-refractivity contribution is 5.13. The summed E-state index contributed by atoms with van der Waals surface area (Å²) in [5.74, 6) is 1.15. The first-order chi connectivity index (χ1) is 5.77. The van der Waals surface area contributed by atoms with Crippen LogP contribution < -0.4 is 0 Å². The summed E-state index contributed by atoms with van der Waals surface area (Å²) in [4.78, 5) is 0. The summed E-state index contributed by atoms with van der Waals surface area (Å²) in [6.07, 6.45) is 4.62. The Morgan fingerprint density at radius 2 is 2.42 bits per heavy atom. The lowest BCUT2D eigenvalue weighted by Crippen LogP contribution is -2.26. The zero-order chi connectivity index (χ0) is 8.60. The van der Waals surface area contributed by atoms with E-state index in [9.17, 15) is 5.11 Å². The molecule has 2 rings (SSSR count). The molecular weight excluding hydrogens is 152 g/mol. The molecule has 2 nitrogen and oxygen atoms in total. The Morgan fingerprint density at radius 3 is 2.83 bits per heavy atom. The number of furan rings is 1. The predicted octanol–water partition coefficient (Wildman–Crippen LogP) is 2.29. The van der Waals surface area contributed by atoms with Crippen molar-refractivity contribution in [2.24, 2.45) is 5.92 Å². The Bertz CT molecular complexity index is 249. The van der Waals surface area contributed by atoms with Crippen LogP contribution in [0.3, 0.4) is 0 Å². The van der Waals surface area contributed by atoms with Gasteiger partial charge >= 0.3 is 0 Å². The van der Waals surface area contributed by atoms with Gasteiger partial charge in [-0.05, 0) is 37.3 Å². The Kier molecular flexibility index (Phi) is 1.72. The normalized spacial score (nSPS) is 22.2. The lowest BCUT2D eigenvalue weighted by atomic mass is 9.92. The summed E-state index contributed by atoms with van der Waals surface area (Å²) in [6, 6.07) is 3.69. The minimum absolute atomic E-state index is 0.425. The van der Waals surface area contributed by atoms with E-state index >= 15 is 0 Å². The molecule has 1 aliphatic rings. The molecule has 0 amide bonds. The van der Waals surface area contributed by atoms with Crippen molar-refractivity contribution in [3.8, 4) is 0 Å². The molecule has 2 heteroatoms. The Hall–Kier alpha value is -0.760. The molecular formula is C10H14O2. The molecule has 0 saturated heterocycles. The van der Waals surface area contributed by atoms with Crippen LogP contribution in [-0.2, 0) is 5.60 Å². The van der Waals surface area contributed by atoms with Gasteiger partial charge in [0.1, 0.15) is 11.4 Å². The molecule has 0 radical (unpaired) electrons. The van der Waals surface area contributed by atoms with Gasteiger partial charge in [-0.2, -0.15) is 0 Å². The third-order valence-corrected chi connectivity index (χ3v) is 2.74. The molecule has 1 aromatic rings. The van der Waals surface area contributed by atoms with Crippen LogP contribution in [0, 0.1) is 5.92 Å². The van der Waals surface area contributed by atoms with Crippen molar-refractivity contribution < 1.29 is 9.52 Å². The van der Waals surface area contributed by atoms with E-state index in [1.54, 1.807) is 6.26 Å². The van der Waals surface area contributed by atoms with Crippen molar-refractivity contribution in [1.82, 2.24) is 0 Å². The average molecular weight is 166 g/mol. The second-order valence-electron chi connectivity index (χ2n) is 3.53. The third kappa shape index (κ3) is 1.07. The number of aliphatic hydroxyl groups is 1. The van der Waals surface area contributed by atoms with Crippen molar-refractivity contribution in [2.75, 3.05) is 0 Å². The maximum Gasteiger partial charge on any atom is 0.135 e. The molecule has 66 valence electrons. The van der Waals surface area contributed by atoms with E-state index in [0.717, 1.165) is 25.0 Å². The van der Waals surface area contributed by atoms with Crippen molar-refractivity contribution in [1.29, 1.82) is 0 Å². The Balaban J connectivity index is 2.27. The van der Waals surface area contributed by atoms with E-state index in [4.69, 9.17) is 4.42 Å². The molecule has 12 heavy (non-hydrogen) atoms. The minimum atomic E-state index is -0.691. The summed E-state index contributed by atoms with van der Waals surface area (Å²) < 4.78 is 5.24. The number of rotatable bonds is 3. The van der Waals surface area contributed by atoms with Gasteiger partial charge in [-0.25, -0.2) is 0 Å². The van der Waals surface area contributed by atoms with E-state index in [0.29, 0.717) is 5.92 Å². The summed E-state index contributed by atoms with van der Waals surface area (Å²) in [5.41, 5.74) is -0.691.